The van der Waals surface area contributed by atoms with Gasteiger partial charge in [-0.3, -0.25) is 0 Å². The molecule has 0 atom stereocenters. The van der Waals surface area contributed by atoms with Crippen LogP contribution in [0.4, 0.5) is 24.8 Å². The molecule has 0 unspecified atom stereocenters. The smallest absolute Gasteiger partial charge is 0.394 e. The van der Waals surface area contributed by atoms with Crippen molar-refractivity contribution in [1.29, 1.82) is 0 Å². The van der Waals surface area contributed by atoms with E-state index < -0.39 is 11.7 Å². The van der Waals surface area contributed by atoms with Gasteiger partial charge in [0.15, 0.2) is 0 Å². The lowest BCUT2D eigenvalue weighted by Gasteiger charge is -2.13. The standard InChI is InChI=1S/C13H20F3N3O2/c1-2-17-11-8-10(13(14,15)16)9-12(19-11)18-4-3-6-21-7-5-20/h8-9,20H,2-7H2,1H3,(H2,17,18,19). The second-order valence-electron chi connectivity index (χ2n) is 4.27. The molecule has 0 bridgehead atoms. The Morgan fingerprint density at radius 3 is 2.43 bits per heavy atom. The monoisotopic (exact) mass is 307 g/mol. The Labute approximate surface area is 121 Å². The maximum absolute atomic E-state index is 12.8. The molecule has 21 heavy (non-hydrogen) atoms. The molecule has 0 aromatic carbocycles. The van der Waals surface area contributed by atoms with Crippen molar-refractivity contribution in [3.63, 3.8) is 0 Å². The van der Waals surface area contributed by atoms with Gasteiger partial charge in [0.1, 0.15) is 11.6 Å². The molecular formula is C13H20F3N3O2. The molecule has 8 heteroatoms. The zero-order valence-electron chi connectivity index (χ0n) is 11.8. The third-order valence-electron chi connectivity index (χ3n) is 2.52. The van der Waals surface area contributed by atoms with Gasteiger partial charge in [0.25, 0.3) is 0 Å². The summed E-state index contributed by atoms with van der Waals surface area (Å²) in [6.07, 6.45) is -3.80. The Bertz CT molecular complexity index is 428. The van der Waals surface area contributed by atoms with Crippen LogP contribution in [0.5, 0.6) is 0 Å². The van der Waals surface area contributed by atoms with Gasteiger partial charge in [-0.1, -0.05) is 0 Å². The molecule has 0 aliphatic carbocycles. The minimum atomic E-state index is -4.41. The number of pyridine rings is 1. The fraction of sp³-hybridized carbons (Fsp3) is 0.615. The summed E-state index contributed by atoms with van der Waals surface area (Å²) < 4.78 is 43.4. The zero-order valence-corrected chi connectivity index (χ0v) is 11.8. The zero-order chi connectivity index (χ0) is 15.7. The van der Waals surface area contributed by atoms with Crippen LogP contribution in [0.1, 0.15) is 18.9 Å². The molecule has 0 spiro atoms. The Kier molecular flexibility index (Phi) is 7.24. The van der Waals surface area contributed by atoms with Gasteiger partial charge in [0.2, 0.25) is 0 Å². The summed E-state index contributed by atoms with van der Waals surface area (Å²) in [7, 11) is 0. The van der Waals surface area contributed by atoms with Gasteiger partial charge in [0, 0.05) is 19.7 Å². The minimum absolute atomic E-state index is 0.0470. The normalized spacial score (nSPS) is 11.5. The highest BCUT2D eigenvalue weighted by molar-refractivity contribution is 5.49. The molecule has 1 aromatic heterocycles. The first-order chi connectivity index (χ1) is 9.97. The second kappa shape index (κ2) is 8.68. The fourth-order valence-corrected chi connectivity index (χ4v) is 1.61. The molecule has 0 saturated heterocycles. The lowest BCUT2D eigenvalue weighted by Crippen LogP contribution is -2.12. The van der Waals surface area contributed by atoms with Gasteiger partial charge in [-0.2, -0.15) is 13.2 Å². The molecule has 0 saturated carbocycles. The number of aliphatic hydroxyl groups is 1. The summed E-state index contributed by atoms with van der Waals surface area (Å²) in [5.41, 5.74) is -0.743. The van der Waals surface area contributed by atoms with E-state index in [0.717, 1.165) is 12.1 Å². The van der Waals surface area contributed by atoms with E-state index in [2.05, 4.69) is 15.6 Å². The van der Waals surface area contributed by atoms with Crippen LogP contribution in [0.3, 0.4) is 0 Å². The summed E-state index contributed by atoms with van der Waals surface area (Å²) in [6.45, 7) is 3.34. The van der Waals surface area contributed by atoms with E-state index in [1.54, 1.807) is 6.92 Å². The number of halogens is 3. The predicted molar refractivity (Wildman–Crippen MR) is 74.4 cm³/mol. The molecule has 0 aliphatic heterocycles. The largest absolute Gasteiger partial charge is 0.416 e. The number of ether oxygens (including phenoxy) is 1. The Balaban J connectivity index is 2.61. The van der Waals surface area contributed by atoms with Crippen molar-refractivity contribution in [1.82, 2.24) is 4.98 Å². The van der Waals surface area contributed by atoms with Crippen LogP contribution < -0.4 is 10.6 Å². The molecule has 1 aromatic rings. The quantitative estimate of drug-likeness (QED) is 0.611. The topological polar surface area (TPSA) is 66.4 Å². The van der Waals surface area contributed by atoms with Crippen molar-refractivity contribution >= 4 is 11.6 Å². The van der Waals surface area contributed by atoms with Crippen molar-refractivity contribution in [3.05, 3.63) is 17.7 Å². The van der Waals surface area contributed by atoms with Crippen molar-refractivity contribution in [3.8, 4) is 0 Å². The van der Waals surface area contributed by atoms with Crippen molar-refractivity contribution in [2.45, 2.75) is 19.5 Å². The highest BCUT2D eigenvalue weighted by atomic mass is 19.4. The van der Waals surface area contributed by atoms with Crippen LogP contribution in [0.2, 0.25) is 0 Å². The molecule has 5 nitrogen and oxygen atoms in total. The molecule has 120 valence electrons. The highest BCUT2D eigenvalue weighted by Crippen LogP contribution is 2.32. The number of nitrogens with one attached hydrogen (secondary N) is 2. The lowest BCUT2D eigenvalue weighted by atomic mass is 10.2. The third-order valence-corrected chi connectivity index (χ3v) is 2.52. The predicted octanol–water partition coefficient (Wildman–Crippen LogP) is 2.34. The van der Waals surface area contributed by atoms with Gasteiger partial charge in [-0.15, -0.1) is 0 Å². The summed E-state index contributed by atoms with van der Waals surface area (Å²) in [5, 5.41) is 14.1. The Morgan fingerprint density at radius 1 is 1.19 bits per heavy atom. The first-order valence-electron chi connectivity index (χ1n) is 6.73. The van der Waals surface area contributed by atoms with Gasteiger partial charge in [0.05, 0.1) is 18.8 Å². The molecule has 1 rings (SSSR count). The number of aliphatic hydroxyl groups excluding tert-OH is 1. The summed E-state index contributed by atoms with van der Waals surface area (Å²) >= 11 is 0. The van der Waals surface area contributed by atoms with Crippen LogP contribution in [-0.2, 0) is 10.9 Å². The van der Waals surface area contributed by atoms with Crippen molar-refractivity contribution < 1.29 is 23.0 Å². The molecule has 1 heterocycles. The second-order valence-corrected chi connectivity index (χ2v) is 4.27. The molecular weight excluding hydrogens is 287 g/mol. The van der Waals surface area contributed by atoms with E-state index in [9.17, 15) is 13.2 Å². The van der Waals surface area contributed by atoms with Gasteiger partial charge in [-0.05, 0) is 25.5 Å². The number of aromatic nitrogens is 1. The van der Waals surface area contributed by atoms with Crippen molar-refractivity contribution in [2.24, 2.45) is 0 Å². The summed E-state index contributed by atoms with van der Waals surface area (Å²) in [5.74, 6) is 0.356. The van der Waals surface area contributed by atoms with Crippen LogP contribution in [0, 0.1) is 0 Å². The first kappa shape index (κ1) is 17.5. The van der Waals surface area contributed by atoms with E-state index in [-0.39, 0.29) is 24.8 Å². The summed E-state index contributed by atoms with van der Waals surface area (Å²) in [4.78, 5) is 4.07. The van der Waals surface area contributed by atoms with E-state index in [1.165, 1.54) is 0 Å². The van der Waals surface area contributed by atoms with Gasteiger partial charge >= 0.3 is 6.18 Å². The molecule has 0 amide bonds. The summed E-state index contributed by atoms with van der Waals surface area (Å²) in [6, 6.07) is 1.97. The molecule has 3 N–H and O–H groups in total. The molecule has 0 fully saturated rings. The molecule has 0 aliphatic rings. The number of anilines is 2. The van der Waals surface area contributed by atoms with Crippen LogP contribution in [0.15, 0.2) is 12.1 Å². The number of alkyl halides is 3. The Morgan fingerprint density at radius 2 is 1.86 bits per heavy atom. The number of hydrogen-bond acceptors (Lipinski definition) is 5. The maximum atomic E-state index is 12.8. The average Bonchev–Trinajstić information content (AvgIpc) is 2.42. The maximum Gasteiger partial charge on any atom is 0.416 e. The fourth-order valence-electron chi connectivity index (χ4n) is 1.61. The van der Waals surface area contributed by atoms with Crippen LogP contribution in [-0.4, -0.2) is 43.0 Å². The molecule has 0 radical (unpaired) electrons. The van der Waals surface area contributed by atoms with E-state index in [4.69, 9.17) is 9.84 Å². The first-order valence-corrected chi connectivity index (χ1v) is 6.73. The van der Waals surface area contributed by atoms with Gasteiger partial charge in [-0.25, -0.2) is 4.98 Å². The number of nitrogens with zero attached hydrogens (tertiary/aromatic N) is 1. The lowest BCUT2D eigenvalue weighted by molar-refractivity contribution is -0.137. The van der Waals surface area contributed by atoms with Crippen LogP contribution in [0.25, 0.3) is 0 Å². The number of rotatable bonds is 9. The number of hydrogen-bond donors (Lipinski definition) is 3. The van der Waals surface area contributed by atoms with E-state index in [0.29, 0.717) is 26.1 Å². The Hall–Kier alpha value is -1.54. The third kappa shape index (κ3) is 6.63. The van der Waals surface area contributed by atoms with E-state index in [1.807, 2.05) is 0 Å². The van der Waals surface area contributed by atoms with Crippen molar-refractivity contribution in [2.75, 3.05) is 43.5 Å². The van der Waals surface area contributed by atoms with E-state index >= 15 is 0 Å². The SMILES string of the molecule is CCNc1cc(C(F)(F)F)cc(NCCCOCCO)n1. The minimum Gasteiger partial charge on any atom is -0.394 e. The van der Waals surface area contributed by atoms with Gasteiger partial charge < -0.3 is 20.5 Å². The highest BCUT2D eigenvalue weighted by Gasteiger charge is 2.31. The van der Waals surface area contributed by atoms with Crippen LogP contribution >= 0.6 is 0 Å². The average molecular weight is 307 g/mol.